The van der Waals surface area contributed by atoms with Crippen LogP contribution in [-0.4, -0.2) is 17.9 Å². The van der Waals surface area contributed by atoms with Crippen molar-refractivity contribution in [2.75, 3.05) is 6.61 Å². The van der Waals surface area contributed by atoms with Crippen molar-refractivity contribution in [3.05, 3.63) is 35.6 Å². The summed E-state index contributed by atoms with van der Waals surface area (Å²) in [6.07, 6.45) is -0.259. The molecule has 0 heterocycles. The topological polar surface area (TPSA) is 20.2 Å². The first kappa shape index (κ1) is 9.59. The first-order valence-corrected chi connectivity index (χ1v) is 4.67. The average Bonchev–Trinajstić information content (AvgIpc) is 2.12. The van der Waals surface area contributed by atoms with Gasteiger partial charge in [0.2, 0.25) is 0 Å². The fourth-order valence-electron chi connectivity index (χ4n) is 2.06. The lowest BCUT2D eigenvalue weighted by Gasteiger charge is -2.43. The molecule has 1 fully saturated rings. The van der Waals surface area contributed by atoms with Gasteiger partial charge in [0.25, 0.3) is 0 Å². The Morgan fingerprint density at radius 3 is 2.64 bits per heavy atom. The molecule has 1 aliphatic rings. The molecule has 0 radical (unpaired) electrons. The van der Waals surface area contributed by atoms with E-state index in [0.29, 0.717) is 18.4 Å². The first-order valence-electron chi connectivity index (χ1n) is 4.67. The molecule has 1 N–H and O–H groups in total. The Labute approximate surface area is 81.4 Å². The molecule has 1 aliphatic carbocycles. The van der Waals surface area contributed by atoms with Gasteiger partial charge in [0.15, 0.2) is 0 Å². The molecule has 2 rings (SSSR count). The third-order valence-corrected chi connectivity index (χ3v) is 2.96. The molecule has 1 aromatic carbocycles. The predicted molar refractivity (Wildman–Crippen MR) is 49.3 cm³/mol. The van der Waals surface area contributed by atoms with Gasteiger partial charge < -0.3 is 5.11 Å². The molecule has 1 aromatic rings. The number of halogens is 2. The molecule has 0 amide bonds. The van der Waals surface area contributed by atoms with Gasteiger partial charge in [0.1, 0.15) is 12.0 Å². The number of rotatable bonds is 2. The molecule has 0 saturated heterocycles. The van der Waals surface area contributed by atoms with Gasteiger partial charge in [-0.1, -0.05) is 12.1 Å². The minimum atomic E-state index is -0.856. The highest BCUT2D eigenvalue weighted by atomic mass is 19.1. The van der Waals surface area contributed by atoms with Crippen molar-refractivity contribution in [2.24, 2.45) is 0 Å². The van der Waals surface area contributed by atoms with E-state index in [9.17, 15) is 13.9 Å². The van der Waals surface area contributed by atoms with E-state index in [4.69, 9.17) is 0 Å². The molecule has 1 saturated carbocycles. The lowest BCUT2D eigenvalue weighted by molar-refractivity contribution is 0.0408. The summed E-state index contributed by atoms with van der Waals surface area (Å²) in [7, 11) is 0. The highest BCUT2D eigenvalue weighted by Crippen LogP contribution is 2.45. The molecule has 1 nitrogen and oxygen atoms in total. The van der Waals surface area contributed by atoms with Crippen LogP contribution in [0.5, 0.6) is 0 Å². The van der Waals surface area contributed by atoms with Crippen molar-refractivity contribution in [1.29, 1.82) is 0 Å². The van der Waals surface area contributed by atoms with Crippen molar-refractivity contribution in [1.82, 2.24) is 0 Å². The summed E-state index contributed by atoms with van der Waals surface area (Å²) < 4.78 is 25.7. The molecule has 0 atom stereocenters. The van der Waals surface area contributed by atoms with E-state index in [1.165, 1.54) is 12.1 Å². The Morgan fingerprint density at radius 2 is 2.14 bits per heavy atom. The van der Waals surface area contributed by atoms with Gasteiger partial charge in [0.05, 0.1) is 6.61 Å². The maximum atomic E-state index is 12.9. The standard InChI is InChI=1S/C11H12F2O/c12-9-3-1-2-8(4-9)11(7-14)5-10(13)6-11/h1-4,10,14H,5-7H2. The summed E-state index contributed by atoms with van der Waals surface area (Å²) >= 11 is 0. The zero-order valence-electron chi connectivity index (χ0n) is 7.71. The van der Waals surface area contributed by atoms with Crippen LogP contribution < -0.4 is 0 Å². The van der Waals surface area contributed by atoms with Gasteiger partial charge in [-0.3, -0.25) is 0 Å². The summed E-state index contributed by atoms with van der Waals surface area (Å²) in [5, 5.41) is 9.21. The van der Waals surface area contributed by atoms with E-state index in [-0.39, 0.29) is 12.4 Å². The van der Waals surface area contributed by atoms with Crippen LogP contribution in [0.2, 0.25) is 0 Å². The van der Waals surface area contributed by atoms with Gasteiger partial charge in [0, 0.05) is 5.41 Å². The fourth-order valence-corrected chi connectivity index (χ4v) is 2.06. The number of hydrogen-bond donors (Lipinski definition) is 1. The molecule has 0 spiro atoms. The molecule has 3 heteroatoms. The zero-order valence-corrected chi connectivity index (χ0v) is 7.71. The largest absolute Gasteiger partial charge is 0.395 e. The normalized spacial score (nSPS) is 31.2. The molecule has 0 aromatic heterocycles. The fraction of sp³-hybridized carbons (Fsp3) is 0.455. The van der Waals surface area contributed by atoms with E-state index < -0.39 is 11.6 Å². The van der Waals surface area contributed by atoms with Crippen molar-refractivity contribution in [3.8, 4) is 0 Å². The van der Waals surface area contributed by atoms with Crippen LogP contribution in [0, 0.1) is 5.82 Å². The van der Waals surface area contributed by atoms with Gasteiger partial charge in [-0.05, 0) is 30.5 Å². The smallest absolute Gasteiger partial charge is 0.123 e. The second kappa shape index (κ2) is 3.31. The van der Waals surface area contributed by atoms with Crippen molar-refractivity contribution in [2.45, 2.75) is 24.4 Å². The van der Waals surface area contributed by atoms with Crippen molar-refractivity contribution in [3.63, 3.8) is 0 Å². The van der Waals surface area contributed by atoms with Gasteiger partial charge in [-0.15, -0.1) is 0 Å². The van der Waals surface area contributed by atoms with Crippen LogP contribution in [0.3, 0.4) is 0 Å². The molecule has 0 unspecified atom stereocenters. The zero-order chi connectivity index (χ0) is 10.2. The molecule has 0 bridgehead atoms. The molecule has 14 heavy (non-hydrogen) atoms. The van der Waals surface area contributed by atoms with Crippen LogP contribution in [0.4, 0.5) is 8.78 Å². The van der Waals surface area contributed by atoms with E-state index in [2.05, 4.69) is 0 Å². The van der Waals surface area contributed by atoms with E-state index in [1.807, 2.05) is 0 Å². The maximum absolute atomic E-state index is 12.9. The van der Waals surface area contributed by atoms with Crippen LogP contribution in [0.1, 0.15) is 18.4 Å². The highest BCUT2D eigenvalue weighted by molar-refractivity contribution is 5.30. The Kier molecular flexibility index (Phi) is 2.27. The first-order chi connectivity index (χ1) is 6.66. The molecular weight excluding hydrogens is 186 g/mol. The highest BCUT2D eigenvalue weighted by Gasteiger charge is 2.45. The number of alkyl halides is 1. The van der Waals surface area contributed by atoms with Crippen LogP contribution in [0.25, 0.3) is 0 Å². The van der Waals surface area contributed by atoms with Crippen LogP contribution >= 0.6 is 0 Å². The van der Waals surface area contributed by atoms with E-state index >= 15 is 0 Å². The summed E-state index contributed by atoms with van der Waals surface area (Å²) in [4.78, 5) is 0. The second-order valence-corrected chi connectivity index (χ2v) is 3.95. The third kappa shape index (κ3) is 1.42. The monoisotopic (exact) mass is 198 g/mol. The van der Waals surface area contributed by atoms with Gasteiger partial charge in [-0.25, -0.2) is 8.78 Å². The van der Waals surface area contributed by atoms with Gasteiger partial charge in [-0.2, -0.15) is 0 Å². The summed E-state index contributed by atoms with van der Waals surface area (Å²) in [6.45, 7) is -0.114. The lowest BCUT2D eigenvalue weighted by atomic mass is 9.64. The van der Waals surface area contributed by atoms with Crippen molar-refractivity contribution >= 4 is 0 Å². The molecule has 0 aliphatic heterocycles. The third-order valence-electron chi connectivity index (χ3n) is 2.96. The number of benzene rings is 1. The maximum Gasteiger partial charge on any atom is 0.123 e. The summed E-state index contributed by atoms with van der Waals surface area (Å²) in [5.41, 5.74) is 0.163. The molecular formula is C11H12F2O. The minimum absolute atomic E-state index is 0.114. The number of hydrogen-bond acceptors (Lipinski definition) is 1. The Bertz CT molecular complexity index is 332. The van der Waals surface area contributed by atoms with E-state index in [0.717, 1.165) is 0 Å². The van der Waals surface area contributed by atoms with Gasteiger partial charge >= 0.3 is 0 Å². The minimum Gasteiger partial charge on any atom is -0.395 e. The average molecular weight is 198 g/mol. The second-order valence-electron chi connectivity index (χ2n) is 3.95. The number of aliphatic hydroxyl groups is 1. The lowest BCUT2D eigenvalue weighted by Crippen LogP contribution is -2.45. The quantitative estimate of drug-likeness (QED) is 0.772. The molecule has 76 valence electrons. The van der Waals surface area contributed by atoms with Crippen LogP contribution in [0.15, 0.2) is 24.3 Å². The SMILES string of the molecule is OCC1(c2cccc(F)c2)CC(F)C1. The Morgan fingerprint density at radius 1 is 1.43 bits per heavy atom. The summed E-state index contributed by atoms with van der Waals surface area (Å²) in [6, 6.07) is 6.06. The predicted octanol–water partition coefficient (Wildman–Crippen LogP) is 2.19. The van der Waals surface area contributed by atoms with Crippen LogP contribution in [-0.2, 0) is 5.41 Å². The Hall–Kier alpha value is -0.960. The van der Waals surface area contributed by atoms with E-state index in [1.54, 1.807) is 12.1 Å². The number of aliphatic hydroxyl groups excluding tert-OH is 1. The summed E-state index contributed by atoms with van der Waals surface area (Å²) in [5.74, 6) is -0.336. The van der Waals surface area contributed by atoms with Crippen molar-refractivity contribution < 1.29 is 13.9 Å². The Balaban J connectivity index is 2.29.